The summed E-state index contributed by atoms with van der Waals surface area (Å²) in [5, 5.41) is 0.447. The molecule has 0 bridgehead atoms. The van der Waals surface area contributed by atoms with Crippen molar-refractivity contribution in [2.24, 2.45) is 0 Å². The summed E-state index contributed by atoms with van der Waals surface area (Å²) in [6.07, 6.45) is 4.04. The fourth-order valence-corrected chi connectivity index (χ4v) is 3.98. The van der Waals surface area contributed by atoms with Gasteiger partial charge in [-0.25, -0.2) is 9.97 Å². The van der Waals surface area contributed by atoms with Gasteiger partial charge in [0.05, 0.1) is 12.5 Å². The van der Waals surface area contributed by atoms with E-state index in [0.717, 1.165) is 18.0 Å². The van der Waals surface area contributed by atoms with Crippen molar-refractivity contribution in [1.29, 1.82) is 0 Å². The molecule has 0 aliphatic carbocycles. The molecule has 1 aliphatic rings. The van der Waals surface area contributed by atoms with Gasteiger partial charge >= 0.3 is 0 Å². The Morgan fingerprint density at radius 1 is 1.55 bits per heavy atom. The summed E-state index contributed by atoms with van der Waals surface area (Å²) < 4.78 is 7.40. The van der Waals surface area contributed by atoms with Crippen LogP contribution < -0.4 is 4.74 Å². The van der Waals surface area contributed by atoms with E-state index in [1.807, 2.05) is 18.7 Å². The van der Waals surface area contributed by atoms with Gasteiger partial charge in [-0.05, 0) is 25.5 Å². The molecule has 7 heteroatoms. The maximum Gasteiger partial charge on any atom is 0.245 e. The van der Waals surface area contributed by atoms with Crippen molar-refractivity contribution in [3.63, 3.8) is 0 Å². The molecule has 0 amide bonds. The van der Waals surface area contributed by atoms with Crippen molar-refractivity contribution < 1.29 is 4.74 Å². The molecule has 2 atom stereocenters. The lowest BCUT2D eigenvalue weighted by molar-refractivity contribution is 0.401. The highest BCUT2D eigenvalue weighted by Gasteiger charge is 2.23. The van der Waals surface area contributed by atoms with E-state index < -0.39 is 0 Å². The van der Waals surface area contributed by atoms with Gasteiger partial charge in [0.1, 0.15) is 12.2 Å². The Morgan fingerprint density at radius 2 is 2.40 bits per heavy atom. The van der Waals surface area contributed by atoms with Crippen LogP contribution in [0, 0.1) is 0 Å². The van der Waals surface area contributed by atoms with Crippen molar-refractivity contribution in [1.82, 2.24) is 19.5 Å². The number of ether oxygens (including phenoxy) is 1. The molecule has 20 heavy (non-hydrogen) atoms. The number of aromatic nitrogens is 4. The molecule has 5 nitrogen and oxygen atoms in total. The third kappa shape index (κ3) is 2.46. The van der Waals surface area contributed by atoms with E-state index in [0.29, 0.717) is 16.6 Å². The quantitative estimate of drug-likeness (QED) is 0.812. The van der Waals surface area contributed by atoms with Gasteiger partial charge < -0.3 is 9.30 Å². The summed E-state index contributed by atoms with van der Waals surface area (Å²) in [4.78, 5) is 13.1. The molecule has 0 N–H and O–H groups in total. The first-order chi connectivity index (χ1) is 9.70. The van der Waals surface area contributed by atoms with E-state index in [-0.39, 0.29) is 5.38 Å². The lowest BCUT2D eigenvalue weighted by atomic mass is 10.2. The normalized spacial score (nSPS) is 20.4. The summed E-state index contributed by atoms with van der Waals surface area (Å²) >= 11 is 8.29. The zero-order valence-electron chi connectivity index (χ0n) is 11.5. The monoisotopic (exact) mass is 312 g/mol. The molecule has 3 rings (SSSR count). The summed E-state index contributed by atoms with van der Waals surface area (Å²) in [5.41, 5.74) is 1.51. The number of hydrogen-bond donors (Lipinski definition) is 0. The summed E-state index contributed by atoms with van der Waals surface area (Å²) in [6, 6.07) is 0. The average Bonchev–Trinajstić information content (AvgIpc) is 3.07. The number of methoxy groups -OCH3 is 1. The summed E-state index contributed by atoms with van der Waals surface area (Å²) in [7, 11) is 1.59. The number of halogens is 1. The highest BCUT2D eigenvalue weighted by atomic mass is 35.5. The van der Waals surface area contributed by atoms with E-state index in [1.165, 1.54) is 24.9 Å². The van der Waals surface area contributed by atoms with Gasteiger partial charge in [-0.2, -0.15) is 16.7 Å². The van der Waals surface area contributed by atoms with Crippen LogP contribution in [0.2, 0.25) is 0 Å². The molecule has 1 aliphatic heterocycles. The molecule has 108 valence electrons. The highest BCUT2D eigenvalue weighted by Crippen LogP contribution is 2.32. The molecule has 0 spiro atoms. The van der Waals surface area contributed by atoms with E-state index in [1.54, 1.807) is 7.11 Å². The van der Waals surface area contributed by atoms with Crippen molar-refractivity contribution in [3.8, 4) is 5.88 Å². The minimum atomic E-state index is -0.166. The van der Waals surface area contributed by atoms with Gasteiger partial charge in [-0.1, -0.05) is 0 Å². The van der Waals surface area contributed by atoms with Crippen LogP contribution >= 0.6 is 23.4 Å². The second-order valence-corrected chi connectivity index (χ2v) is 6.95. The number of hydrogen-bond acceptors (Lipinski definition) is 5. The number of thioether (sulfide) groups is 1. The van der Waals surface area contributed by atoms with Crippen LogP contribution in [0.5, 0.6) is 5.88 Å². The predicted molar refractivity (Wildman–Crippen MR) is 81.6 cm³/mol. The lowest BCUT2D eigenvalue weighted by Crippen LogP contribution is -2.13. The van der Waals surface area contributed by atoms with Gasteiger partial charge in [0.2, 0.25) is 5.88 Å². The van der Waals surface area contributed by atoms with Gasteiger partial charge in [-0.3, -0.25) is 0 Å². The zero-order chi connectivity index (χ0) is 14.1. The summed E-state index contributed by atoms with van der Waals surface area (Å²) in [5.74, 6) is 2.58. The van der Waals surface area contributed by atoms with Crippen molar-refractivity contribution in [2.75, 3.05) is 12.9 Å². The average molecular weight is 313 g/mol. The smallest absolute Gasteiger partial charge is 0.245 e. The van der Waals surface area contributed by atoms with Gasteiger partial charge in [0.25, 0.3) is 0 Å². The molecule has 0 radical (unpaired) electrons. The molecule has 0 saturated carbocycles. The Bertz CT molecular complexity index is 610. The minimum absolute atomic E-state index is 0.166. The number of fused-ring (bicyclic) bond motifs is 1. The van der Waals surface area contributed by atoms with Crippen LogP contribution in [0.25, 0.3) is 11.2 Å². The lowest BCUT2D eigenvalue weighted by Gasteiger charge is -2.14. The van der Waals surface area contributed by atoms with Crippen molar-refractivity contribution in [2.45, 2.75) is 36.9 Å². The SMILES string of the molecule is COc1ncnc2c1nc(C(C)Cl)n2CC1CCCS1. The summed E-state index contributed by atoms with van der Waals surface area (Å²) in [6.45, 7) is 2.83. The topological polar surface area (TPSA) is 52.8 Å². The molecular weight excluding hydrogens is 296 g/mol. The molecule has 0 aromatic carbocycles. The Hall–Kier alpha value is -1.01. The van der Waals surface area contributed by atoms with Gasteiger partial charge in [0.15, 0.2) is 11.2 Å². The molecule has 2 unspecified atom stereocenters. The second-order valence-electron chi connectivity index (χ2n) is 4.89. The first kappa shape index (κ1) is 13.9. The maximum atomic E-state index is 6.28. The number of imidazole rings is 1. The number of alkyl halides is 1. The van der Waals surface area contributed by atoms with Crippen LogP contribution in [0.4, 0.5) is 0 Å². The van der Waals surface area contributed by atoms with Gasteiger partial charge in [-0.15, -0.1) is 11.6 Å². The second kappa shape index (κ2) is 5.77. The Kier molecular flexibility index (Phi) is 4.03. The Labute approximate surface area is 127 Å². The standard InChI is InChI=1S/C13H17ClN4OS/c1-8(14)11-17-10-12(15-7-16-13(10)19-2)18(11)6-9-4-3-5-20-9/h7-9H,3-6H2,1-2H3. The van der Waals surface area contributed by atoms with Crippen LogP contribution in [-0.4, -0.2) is 37.6 Å². The minimum Gasteiger partial charge on any atom is -0.479 e. The first-order valence-electron chi connectivity index (χ1n) is 6.71. The van der Waals surface area contributed by atoms with E-state index >= 15 is 0 Å². The Morgan fingerprint density at radius 3 is 3.05 bits per heavy atom. The third-order valence-electron chi connectivity index (χ3n) is 3.49. The molecule has 1 fully saturated rings. The largest absolute Gasteiger partial charge is 0.479 e. The maximum absolute atomic E-state index is 6.28. The molecule has 2 aromatic heterocycles. The Balaban J connectivity index is 2.08. The molecule has 3 heterocycles. The number of rotatable bonds is 4. The molecular formula is C13H17ClN4OS. The predicted octanol–water partition coefficient (Wildman–Crippen LogP) is 3.03. The van der Waals surface area contributed by atoms with Crippen LogP contribution in [0.1, 0.15) is 31.0 Å². The van der Waals surface area contributed by atoms with Crippen molar-refractivity contribution in [3.05, 3.63) is 12.2 Å². The first-order valence-corrected chi connectivity index (χ1v) is 8.20. The van der Waals surface area contributed by atoms with Gasteiger partial charge in [0, 0.05) is 11.8 Å². The van der Waals surface area contributed by atoms with E-state index in [4.69, 9.17) is 16.3 Å². The molecule has 2 aromatic rings. The van der Waals surface area contributed by atoms with E-state index in [2.05, 4.69) is 19.5 Å². The highest BCUT2D eigenvalue weighted by molar-refractivity contribution is 8.00. The number of nitrogens with zero attached hydrogens (tertiary/aromatic N) is 4. The van der Waals surface area contributed by atoms with Crippen LogP contribution in [0.15, 0.2) is 6.33 Å². The fourth-order valence-electron chi connectivity index (χ4n) is 2.56. The molecule has 1 saturated heterocycles. The fraction of sp³-hybridized carbons (Fsp3) is 0.615. The zero-order valence-corrected chi connectivity index (χ0v) is 13.1. The van der Waals surface area contributed by atoms with E-state index in [9.17, 15) is 0 Å². The van der Waals surface area contributed by atoms with Crippen LogP contribution in [0.3, 0.4) is 0 Å². The van der Waals surface area contributed by atoms with Crippen molar-refractivity contribution >= 4 is 34.5 Å². The van der Waals surface area contributed by atoms with Crippen LogP contribution in [-0.2, 0) is 6.54 Å². The third-order valence-corrected chi connectivity index (χ3v) is 5.06.